The van der Waals surface area contributed by atoms with E-state index >= 15 is 0 Å². The lowest BCUT2D eigenvalue weighted by Crippen LogP contribution is -2.59. The zero-order chi connectivity index (χ0) is 26.6. The predicted octanol–water partition coefficient (Wildman–Crippen LogP) is 4.09. The van der Waals surface area contributed by atoms with Crippen molar-refractivity contribution in [3.8, 4) is 17.1 Å². The summed E-state index contributed by atoms with van der Waals surface area (Å²) in [6, 6.07) is 11.9. The van der Waals surface area contributed by atoms with Crippen LogP contribution in [0, 0.1) is 0 Å². The lowest BCUT2D eigenvalue weighted by Gasteiger charge is -2.42. The van der Waals surface area contributed by atoms with Crippen LogP contribution < -0.4 is 0 Å². The zero-order valence-corrected chi connectivity index (χ0v) is 20.6. The van der Waals surface area contributed by atoms with Crippen molar-refractivity contribution in [2.45, 2.75) is 43.8 Å². The maximum Gasteiger partial charge on any atom is 0.416 e. The highest BCUT2D eigenvalue weighted by molar-refractivity contribution is 5.79. The molecule has 1 fully saturated rings. The van der Waals surface area contributed by atoms with Gasteiger partial charge in [-0.2, -0.15) is 13.2 Å². The van der Waals surface area contributed by atoms with E-state index in [4.69, 9.17) is 23.8 Å². The first-order chi connectivity index (χ1) is 17.7. The molecule has 0 N–H and O–H groups in total. The second kappa shape index (κ2) is 11.4. The lowest BCUT2D eigenvalue weighted by molar-refractivity contribution is -0.305. The molecule has 0 aliphatic carbocycles. The van der Waals surface area contributed by atoms with Crippen LogP contribution in [-0.4, -0.2) is 73.0 Å². The molecule has 2 aromatic carbocycles. The number of alkyl halides is 3. The van der Waals surface area contributed by atoms with Gasteiger partial charge in [-0.25, -0.2) is 9.67 Å². The topological polar surface area (TPSA) is 89.2 Å². The highest BCUT2D eigenvalue weighted by atomic mass is 19.4. The van der Waals surface area contributed by atoms with E-state index in [2.05, 4.69) is 15.2 Å². The summed E-state index contributed by atoms with van der Waals surface area (Å²) < 4.78 is 62.3. The molecule has 0 spiro atoms. The standard InChI is InChI=1S/C25H27F3N4O5/c1-15-20(33-2)21(34-3)22(35-4)24(36-15)37-30-13-16-5-11-19(12-6-16)32-14-29-23(31-32)17-7-9-18(10-8-17)25(26,27)28/h5-15,20-22,24H,1-4H3/b30-13+/t15-,20-,21+,22+,24-/m0/s1. The number of benzene rings is 2. The summed E-state index contributed by atoms with van der Waals surface area (Å²) in [5.74, 6) is 0.312. The molecule has 0 amide bonds. The molecule has 5 atom stereocenters. The molecule has 37 heavy (non-hydrogen) atoms. The van der Waals surface area contributed by atoms with E-state index in [1.807, 2.05) is 6.92 Å². The summed E-state index contributed by atoms with van der Waals surface area (Å²) in [5, 5.41) is 8.41. The van der Waals surface area contributed by atoms with Crippen LogP contribution in [0.3, 0.4) is 0 Å². The first kappa shape index (κ1) is 26.7. The maximum atomic E-state index is 12.8. The number of ether oxygens (including phenoxy) is 4. The number of nitrogens with zero attached hydrogens (tertiary/aromatic N) is 4. The Morgan fingerprint density at radius 2 is 1.57 bits per heavy atom. The van der Waals surface area contributed by atoms with Crippen molar-refractivity contribution in [2.24, 2.45) is 5.16 Å². The molecule has 0 unspecified atom stereocenters. The molecule has 1 aliphatic rings. The van der Waals surface area contributed by atoms with Crippen molar-refractivity contribution < 1.29 is 37.0 Å². The number of hydrogen-bond acceptors (Lipinski definition) is 8. The molecular formula is C25H27F3N4O5. The summed E-state index contributed by atoms with van der Waals surface area (Å²) in [6.45, 7) is 1.86. The summed E-state index contributed by atoms with van der Waals surface area (Å²) in [5.41, 5.74) is 1.22. The van der Waals surface area contributed by atoms with E-state index in [0.717, 1.165) is 17.7 Å². The molecule has 198 valence electrons. The number of aromatic nitrogens is 3. The van der Waals surface area contributed by atoms with Gasteiger partial charge in [0.25, 0.3) is 6.29 Å². The number of halogens is 3. The Labute approximate surface area is 211 Å². The fourth-order valence-electron chi connectivity index (χ4n) is 4.09. The Bertz CT molecular complexity index is 1180. The summed E-state index contributed by atoms with van der Waals surface area (Å²) in [6.07, 6.45) is -3.71. The number of methoxy groups -OCH3 is 3. The van der Waals surface area contributed by atoms with Gasteiger partial charge in [0.05, 0.1) is 23.6 Å². The molecule has 1 aliphatic heterocycles. The smallest absolute Gasteiger partial charge is 0.376 e. The van der Waals surface area contributed by atoms with Crippen molar-refractivity contribution >= 4 is 6.21 Å². The van der Waals surface area contributed by atoms with Gasteiger partial charge in [0.15, 0.2) is 11.9 Å². The number of rotatable bonds is 8. The van der Waals surface area contributed by atoms with Gasteiger partial charge < -0.3 is 23.8 Å². The van der Waals surface area contributed by atoms with Crippen LogP contribution in [-0.2, 0) is 30.0 Å². The molecule has 0 radical (unpaired) electrons. The monoisotopic (exact) mass is 520 g/mol. The summed E-state index contributed by atoms with van der Waals surface area (Å²) in [4.78, 5) is 9.77. The first-order valence-electron chi connectivity index (χ1n) is 11.4. The first-order valence-corrected chi connectivity index (χ1v) is 11.4. The fourth-order valence-corrected chi connectivity index (χ4v) is 4.09. The van der Waals surface area contributed by atoms with Gasteiger partial charge in [0.1, 0.15) is 18.5 Å². The van der Waals surface area contributed by atoms with E-state index in [1.54, 1.807) is 38.5 Å². The second-order valence-corrected chi connectivity index (χ2v) is 8.33. The normalized spacial score (nSPS) is 24.5. The highest BCUT2D eigenvalue weighted by Crippen LogP contribution is 2.30. The lowest BCUT2D eigenvalue weighted by atomic mass is 9.99. The van der Waals surface area contributed by atoms with Crippen LogP contribution >= 0.6 is 0 Å². The Balaban J connectivity index is 1.40. The Morgan fingerprint density at radius 3 is 2.16 bits per heavy atom. The number of oxime groups is 1. The van der Waals surface area contributed by atoms with E-state index in [-0.39, 0.29) is 12.2 Å². The van der Waals surface area contributed by atoms with Crippen molar-refractivity contribution in [1.82, 2.24) is 14.8 Å². The molecule has 2 heterocycles. The molecular weight excluding hydrogens is 493 g/mol. The largest absolute Gasteiger partial charge is 0.416 e. The van der Waals surface area contributed by atoms with Crippen LogP contribution in [0.1, 0.15) is 18.1 Å². The van der Waals surface area contributed by atoms with Crippen molar-refractivity contribution in [1.29, 1.82) is 0 Å². The molecule has 4 rings (SSSR count). The Kier molecular flexibility index (Phi) is 8.22. The van der Waals surface area contributed by atoms with Crippen LogP contribution in [0.15, 0.2) is 60.0 Å². The minimum absolute atomic E-state index is 0.295. The predicted molar refractivity (Wildman–Crippen MR) is 127 cm³/mol. The molecule has 12 heteroatoms. The molecule has 1 saturated heterocycles. The average molecular weight is 521 g/mol. The van der Waals surface area contributed by atoms with Crippen molar-refractivity contribution in [2.75, 3.05) is 21.3 Å². The van der Waals surface area contributed by atoms with E-state index in [0.29, 0.717) is 17.1 Å². The zero-order valence-electron chi connectivity index (χ0n) is 20.6. The highest BCUT2D eigenvalue weighted by Gasteiger charge is 2.46. The Hall–Kier alpha value is -3.32. The molecule has 3 aromatic rings. The maximum absolute atomic E-state index is 12.8. The summed E-state index contributed by atoms with van der Waals surface area (Å²) >= 11 is 0. The van der Waals surface area contributed by atoms with Crippen molar-refractivity contribution in [3.63, 3.8) is 0 Å². The van der Waals surface area contributed by atoms with E-state index < -0.39 is 30.2 Å². The minimum Gasteiger partial charge on any atom is -0.376 e. The van der Waals surface area contributed by atoms with Gasteiger partial charge in [-0.3, -0.25) is 0 Å². The Morgan fingerprint density at radius 1 is 0.919 bits per heavy atom. The van der Waals surface area contributed by atoms with Crippen LogP contribution in [0.25, 0.3) is 17.1 Å². The third-order valence-corrected chi connectivity index (χ3v) is 6.03. The van der Waals surface area contributed by atoms with Gasteiger partial charge in [-0.05, 0) is 36.8 Å². The number of hydrogen-bond donors (Lipinski definition) is 0. The van der Waals surface area contributed by atoms with E-state index in [9.17, 15) is 13.2 Å². The SMILES string of the molecule is CO[C@@H]1[C@@H](OC)[C@H](C)O[C@@H](O/N=C/c2ccc(-n3cnc(-c4ccc(C(F)(F)F)cc4)n3)cc2)[C@@H]1OC. The van der Waals surface area contributed by atoms with Crippen LogP contribution in [0.5, 0.6) is 0 Å². The minimum atomic E-state index is -4.39. The van der Waals surface area contributed by atoms with Crippen LogP contribution in [0.4, 0.5) is 13.2 Å². The third kappa shape index (κ3) is 5.99. The third-order valence-electron chi connectivity index (χ3n) is 6.03. The van der Waals surface area contributed by atoms with Gasteiger partial charge in [0.2, 0.25) is 0 Å². The second-order valence-electron chi connectivity index (χ2n) is 8.33. The van der Waals surface area contributed by atoms with Gasteiger partial charge in [-0.15, -0.1) is 5.10 Å². The molecule has 0 saturated carbocycles. The van der Waals surface area contributed by atoms with Gasteiger partial charge in [-0.1, -0.05) is 29.4 Å². The average Bonchev–Trinajstić information content (AvgIpc) is 3.38. The van der Waals surface area contributed by atoms with Crippen LogP contribution in [0.2, 0.25) is 0 Å². The van der Waals surface area contributed by atoms with Crippen molar-refractivity contribution in [3.05, 3.63) is 66.0 Å². The molecule has 9 nitrogen and oxygen atoms in total. The van der Waals surface area contributed by atoms with E-state index in [1.165, 1.54) is 36.5 Å². The van der Waals surface area contributed by atoms with Gasteiger partial charge in [0, 0.05) is 26.9 Å². The molecule has 0 bridgehead atoms. The summed E-state index contributed by atoms with van der Waals surface area (Å²) in [7, 11) is 4.69. The molecule has 1 aromatic heterocycles. The van der Waals surface area contributed by atoms with Gasteiger partial charge >= 0.3 is 6.18 Å². The fraction of sp³-hybridized carbons (Fsp3) is 0.400. The quantitative estimate of drug-likeness (QED) is 0.327.